The van der Waals surface area contributed by atoms with Crippen LogP contribution in [0.4, 0.5) is 0 Å². The van der Waals surface area contributed by atoms with Gasteiger partial charge in [0, 0.05) is 19.8 Å². The van der Waals surface area contributed by atoms with E-state index in [0.717, 1.165) is 12.8 Å². The van der Waals surface area contributed by atoms with Crippen molar-refractivity contribution >= 4 is 35.4 Å². The van der Waals surface area contributed by atoms with E-state index in [9.17, 15) is 28.8 Å². The van der Waals surface area contributed by atoms with E-state index in [0.29, 0.717) is 25.9 Å². The van der Waals surface area contributed by atoms with Gasteiger partial charge in [0.15, 0.2) is 0 Å². The lowest BCUT2D eigenvalue weighted by Crippen LogP contribution is -2.29. The molecule has 0 aliphatic heterocycles. The highest BCUT2D eigenvalue weighted by Crippen LogP contribution is 1.91. The topological polar surface area (TPSA) is 187 Å². The molecule has 32 heavy (non-hydrogen) atoms. The second kappa shape index (κ2) is 26.2. The maximum atomic E-state index is 10.4. The molecule has 4 N–H and O–H groups in total. The molecule has 0 spiro atoms. The smallest absolute Gasteiger partial charge is 0.374 e. The van der Waals surface area contributed by atoms with Crippen LogP contribution in [0.2, 0.25) is 0 Å². The van der Waals surface area contributed by atoms with Crippen molar-refractivity contribution in [1.82, 2.24) is 0 Å². The van der Waals surface area contributed by atoms with E-state index in [2.05, 4.69) is 9.47 Å². The summed E-state index contributed by atoms with van der Waals surface area (Å²) in [6.07, 6.45) is 3.57. The Labute approximate surface area is 189 Å². The number of hydrogen-bond acceptors (Lipinski definition) is 9. The number of Topliss-reactive ketones (excluding diaryl/α,β-unsaturated/α-hetero) is 2. The first-order chi connectivity index (χ1) is 14.9. The molecule has 0 radical (unpaired) electrons. The third kappa shape index (κ3) is 31.9. The fourth-order valence-electron chi connectivity index (χ4n) is 1.44. The molecule has 0 aliphatic rings. The van der Waals surface area contributed by atoms with Gasteiger partial charge in [0.1, 0.15) is 6.04 Å². The lowest BCUT2D eigenvalue weighted by Gasteiger charge is -2.00. The van der Waals surface area contributed by atoms with Crippen LogP contribution in [-0.2, 0) is 38.2 Å². The Kier molecular flexibility index (Phi) is 29.9. The minimum atomic E-state index is -1.33. The number of carbonyl (C=O) groups excluding carboxylic acids is 4. The minimum Gasteiger partial charge on any atom is -0.480 e. The molecule has 0 bridgehead atoms. The summed E-state index contributed by atoms with van der Waals surface area (Å²) in [5.74, 6) is -4.33. The van der Waals surface area contributed by atoms with Gasteiger partial charge in [-0.1, -0.05) is 27.2 Å². The van der Waals surface area contributed by atoms with Gasteiger partial charge in [-0.15, -0.1) is 0 Å². The molecule has 1 atom stereocenters. The van der Waals surface area contributed by atoms with E-state index in [4.69, 9.17) is 15.9 Å². The van der Waals surface area contributed by atoms with Crippen molar-refractivity contribution < 1.29 is 48.5 Å². The van der Waals surface area contributed by atoms with Crippen LogP contribution in [0.1, 0.15) is 80.1 Å². The van der Waals surface area contributed by atoms with Gasteiger partial charge in [-0.2, -0.15) is 0 Å². The first kappa shape index (κ1) is 36.5. The number of carboxylic acids is 2. The number of nitrogens with two attached hydrogens (primary N) is 1. The summed E-state index contributed by atoms with van der Waals surface area (Å²) in [5.41, 5.74) is 5.13. The van der Waals surface area contributed by atoms with Crippen molar-refractivity contribution in [3.8, 4) is 0 Å². The largest absolute Gasteiger partial charge is 0.480 e. The molecule has 0 aromatic heterocycles. The molecule has 0 amide bonds. The van der Waals surface area contributed by atoms with Gasteiger partial charge in [0.05, 0.1) is 13.2 Å². The first-order valence-corrected chi connectivity index (χ1v) is 10.4. The number of aliphatic carboxylic acids is 2. The predicted octanol–water partition coefficient (Wildman–Crippen LogP) is 2.13. The average Bonchev–Trinajstić information content (AvgIpc) is 2.70. The van der Waals surface area contributed by atoms with Gasteiger partial charge in [0.2, 0.25) is 11.6 Å². The SMILES string of the molecule is CCOC(=O)C(C)=O.CC[13CH2]C(=O)C(=O)O.CC[13CH2][13C](=O)OCC.CC[13CH2][C@@H]([15NH2])C(=O)O. The highest BCUT2D eigenvalue weighted by Gasteiger charge is 2.08. The molecule has 0 aliphatic carbocycles. The summed E-state index contributed by atoms with van der Waals surface area (Å²) in [6.45, 7) is 11.0. The van der Waals surface area contributed by atoms with Gasteiger partial charge in [-0.3, -0.25) is 19.2 Å². The van der Waals surface area contributed by atoms with Crippen molar-refractivity contribution in [2.45, 2.75) is 86.1 Å². The molecule has 0 saturated heterocycles. The average molecular weight is 471 g/mol. The zero-order valence-corrected chi connectivity index (χ0v) is 20.0. The Balaban J connectivity index is -0.000000163. The van der Waals surface area contributed by atoms with Crippen LogP contribution < -0.4 is 5.73 Å². The third-order valence-corrected chi connectivity index (χ3v) is 2.95. The normalized spacial score (nSPS) is 9.72. The van der Waals surface area contributed by atoms with E-state index in [1.165, 1.54) is 6.92 Å². The molecular formula is C21H39NO10. The molecule has 11 heteroatoms. The monoisotopic (exact) mass is 470 g/mol. The fourth-order valence-corrected chi connectivity index (χ4v) is 1.44. The Hall–Kier alpha value is -2.82. The van der Waals surface area contributed by atoms with Crippen LogP contribution in [0, 0.1) is 0 Å². The van der Waals surface area contributed by atoms with Crippen LogP contribution in [0.15, 0.2) is 0 Å². The summed E-state index contributed by atoms with van der Waals surface area (Å²) in [5, 5.41) is 16.2. The fraction of sp³-hybridized carbons (Fsp3) is 0.714. The number of carbonyl (C=O) groups is 6. The lowest BCUT2D eigenvalue weighted by atomic mass is 10.4. The van der Waals surface area contributed by atoms with Gasteiger partial charge >= 0.3 is 23.9 Å². The number of ether oxygens (including phenoxy) is 2. The third-order valence-electron chi connectivity index (χ3n) is 2.95. The summed E-state index contributed by atoms with van der Waals surface area (Å²) in [6, 6.07) is -0.667. The number of rotatable bonds is 11. The van der Waals surface area contributed by atoms with Gasteiger partial charge < -0.3 is 25.4 Å². The molecule has 0 heterocycles. The number of esters is 2. The summed E-state index contributed by atoms with van der Waals surface area (Å²) < 4.78 is 8.96. The molecule has 0 fully saturated rings. The molecule has 0 unspecified atom stereocenters. The predicted molar refractivity (Wildman–Crippen MR) is 117 cm³/mol. The lowest BCUT2D eigenvalue weighted by molar-refractivity contribution is -0.152. The van der Waals surface area contributed by atoms with E-state index in [-0.39, 0.29) is 19.0 Å². The second-order valence-corrected chi connectivity index (χ2v) is 6.04. The molecular weight excluding hydrogens is 431 g/mol. The van der Waals surface area contributed by atoms with Crippen LogP contribution in [0.25, 0.3) is 0 Å². The van der Waals surface area contributed by atoms with Crippen LogP contribution >= 0.6 is 0 Å². The highest BCUT2D eigenvalue weighted by molar-refractivity contribution is 6.32. The van der Waals surface area contributed by atoms with Crippen molar-refractivity contribution in [3.63, 3.8) is 0 Å². The maximum absolute atomic E-state index is 10.4. The molecule has 0 aromatic carbocycles. The summed E-state index contributed by atoms with van der Waals surface area (Å²) in [4.78, 5) is 60.5. The van der Waals surface area contributed by atoms with Gasteiger partial charge in [0.25, 0.3) is 0 Å². The second-order valence-electron chi connectivity index (χ2n) is 6.04. The summed E-state index contributed by atoms with van der Waals surface area (Å²) in [7, 11) is 0. The quantitative estimate of drug-likeness (QED) is 0.174. The molecule has 188 valence electrons. The highest BCUT2D eigenvalue weighted by atomic mass is 16.6. The standard InChI is InChI=1S/C6H12O2.C5H11NO2.2C5H8O3/c1-3-5-6(7)8-4-2;1-2-3-4(6)5(7)8;1-3-8-5(7)4(2)6;1-2-3-4(6)5(7)8/h3-5H2,1-2H3;4H,2-3,6H2,1H3,(H,7,8);3H2,1-2H3;2-3H2,1H3,(H,7,8)/t;4-;;/m.1../s1/i5+1,6+1;3+1,6+1;;3+1. The minimum absolute atomic E-state index is 0.0880. The number of hydrogen-bond donors (Lipinski definition) is 3. The Morgan fingerprint density at radius 1 is 0.781 bits per heavy atom. The van der Waals surface area contributed by atoms with Crippen molar-refractivity contribution in [1.29, 1.82) is 0 Å². The van der Waals surface area contributed by atoms with Crippen LogP contribution in [0.3, 0.4) is 0 Å². The van der Waals surface area contributed by atoms with Gasteiger partial charge in [-0.25, -0.2) is 9.59 Å². The van der Waals surface area contributed by atoms with E-state index < -0.39 is 35.5 Å². The van der Waals surface area contributed by atoms with E-state index >= 15 is 0 Å². The Morgan fingerprint density at radius 2 is 1.25 bits per heavy atom. The van der Waals surface area contributed by atoms with Crippen molar-refractivity contribution in [2.24, 2.45) is 5.73 Å². The van der Waals surface area contributed by atoms with Gasteiger partial charge in [-0.05, 0) is 33.1 Å². The Morgan fingerprint density at radius 3 is 1.44 bits per heavy atom. The molecule has 11 nitrogen and oxygen atoms in total. The van der Waals surface area contributed by atoms with E-state index in [1.54, 1.807) is 13.8 Å². The summed E-state index contributed by atoms with van der Waals surface area (Å²) >= 11 is 0. The maximum Gasteiger partial charge on any atom is 0.374 e. The molecule has 0 aromatic rings. The van der Waals surface area contributed by atoms with Crippen LogP contribution in [-0.4, -0.2) is 64.9 Å². The molecule has 0 saturated carbocycles. The Bertz CT molecular complexity index is 525. The zero-order chi connectivity index (χ0) is 26.1. The van der Waals surface area contributed by atoms with Crippen molar-refractivity contribution in [3.05, 3.63) is 0 Å². The molecule has 0 rings (SSSR count). The van der Waals surface area contributed by atoms with Crippen LogP contribution in [0.5, 0.6) is 0 Å². The number of ketones is 2. The zero-order valence-electron chi connectivity index (χ0n) is 20.0. The van der Waals surface area contributed by atoms with E-state index in [1.807, 2.05) is 20.8 Å². The first-order valence-electron chi connectivity index (χ1n) is 10.4. The number of carboxylic acid groups (broad SMARTS) is 2. The van der Waals surface area contributed by atoms with Crippen molar-refractivity contribution in [2.75, 3.05) is 13.2 Å².